The summed E-state index contributed by atoms with van der Waals surface area (Å²) in [5, 5.41) is 3.02. The first kappa shape index (κ1) is 13.9. The van der Waals surface area contributed by atoms with Crippen molar-refractivity contribution in [2.45, 2.75) is 25.8 Å². The molecule has 2 fully saturated rings. The summed E-state index contributed by atoms with van der Waals surface area (Å²) in [6.45, 7) is 4.00. The zero-order valence-corrected chi connectivity index (χ0v) is 13.1. The zero-order chi connectivity index (χ0) is 14.1. The number of anilines is 1. The van der Waals surface area contributed by atoms with Crippen LogP contribution in [0.2, 0.25) is 0 Å². The molecule has 1 N–H and O–H groups in total. The van der Waals surface area contributed by atoms with Gasteiger partial charge in [-0.15, -0.1) is 0 Å². The van der Waals surface area contributed by atoms with E-state index in [-0.39, 0.29) is 12.1 Å². The fourth-order valence-corrected chi connectivity index (χ4v) is 3.04. The summed E-state index contributed by atoms with van der Waals surface area (Å²) in [6.07, 6.45) is 2.43. The van der Waals surface area contributed by atoms with Crippen LogP contribution in [0.3, 0.4) is 0 Å². The second-order valence-electron chi connectivity index (χ2n) is 5.54. The van der Waals surface area contributed by atoms with Gasteiger partial charge in [0, 0.05) is 11.0 Å². The third-order valence-corrected chi connectivity index (χ3v) is 5.08. The van der Waals surface area contributed by atoms with Gasteiger partial charge >= 0.3 is 6.03 Å². The lowest BCUT2D eigenvalue weighted by molar-refractivity contribution is 0.00772. The quantitative estimate of drug-likeness (QED) is 0.897. The minimum Gasteiger partial charge on any atom is -0.377 e. The first-order chi connectivity index (χ1) is 9.66. The predicted molar refractivity (Wildman–Crippen MR) is 81.9 cm³/mol. The molecule has 0 bridgehead atoms. The molecule has 0 aromatic heterocycles. The van der Waals surface area contributed by atoms with Gasteiger partial charge in [-0.25, -0.2) is 4.79 Å². The molecule has 2 aliphatic rings. The van der Waals surface area contributed by atoms with Gasteiger partial charge in [0.1, 0.15) is 0 Å². The van der Waals surface area contributed by atoms with E-state index < -0.39 is 0 Å². The predicted octanol–water partition coefficient (Wildman–Crippen LogP) is 3.40. The largest absolute Gasteiger partial charge is 0.377 e. The van der Waals surface area contributed by atoms with Crippen molar-refractivity contribution in [3.8, 4) is 0 Å². The van der Waals surface area contributed by atoms with Crippen molar-refractivity contribution in [1.29, 1.82) is 0 Å². The number of nitrogens with one attached hydrogen (secondary N) is 1. The highest BCUT2D eigenvalue weighted by Crippen LogP contribution is 2.37. The van der Waals surface area contributed by atoms with Gasteiger partial charge in [-0.1, -0.05) is 12.1 Å². The van der Waals surface area contributed by atoms with Gasteiger partial charge in [0.05, 0.1) is 24.9 Å². The average molecular weight is 339 g/mol. The molecule has 2 amide bonds. The molecule has 3 rings (SSSR count). The summed E-state index contributed by atoms with van der Waals surface area (Å²) in [7, 11) is 0. The molecule has 1 aliphatic heterocycles. The average Bonchev–Trinajstić information content (AvgIpc) is 3.28. The van der Waals surface area contributed by atoms with E-state index in [0.29, 0.717) is 25.7 Å². The Hall–Kier alpha value is -1.07. The minimum atomic E-state index is -0.0171. The van der Waals surface area contributed by atoms with Crippen molar-refractivity contribution < 1.29 is 9.53 Å². The summed E-state index contributed by atoms with van der Waals surface area (Å²) in [5.41, 5.74) is 1.94. The van der Waals surface area contributed by atoms with Crippen molar-refractivity contribution in [1.82, 2.24) is 4.90 Å². The zero-order valence-electron chi connectivity index (χ0n) is 11.6. The van der Waals surface area contributed by atoms with E-state index >= 15 is 0 Å². The Morgan fingerprint density at radius 2 is 2.25 bits per heavy atom. The molecular weight excluding hydrogens is 320 g/mol. The van der Waals surface area contributed by atoms with Gasteiger partial charge in [-0.05, 0) is 53.2 Å². The van der Waals surface area contributed by atoms with Gasteiger partial charge in [-0.3, -0.25) is 0 Å². The molecule has 20 heavy (non-hydrogen) atoms. The highest BCUT2D eigenvalue weighted by molar-refractivity contribution is 9.10. The Bertz CT molecular complexity index is 517. The van der Waals surface area contributed by atoms with Crippen molar-refractivity contribution in [3.63, 3.8) is 0 Å². The van der Waals surface area contributed by atoms with Crippen molar-refractivity contribution in [2.75, 3.05) is 25.1 Å². The number of carbonyl (C=O) groups excluding carboxylic acids is 1. The highest BCUT2D eigenvalue weighted by Gasteiger charge is 2.39. The van der Waals surface area contributed by atoms with Crippen LogP contribution in [0.5, 0.6) is 0 Å². The molecule has 1 aliphatic carbocycles. The van der Waals surface area contributed by atoms with Gasteiger partial charge in [0.25, 0.3) is 0 Å². The van der Waals surface area contributed by atoms with E-state index in [9.17, 15) is 4.79 Å². The minimum absolute atomic E-state index is 0.0171. The highest BCUT2D eigenvalue weighted by atomic mass is 79.9. The Labute approximate surface area is 127 Å². The number of rotatable bonds is 2. The van der Waals surface area contributed by atoms with E-state index in [2.05, 4.69) is 21.2 Å². The van der Waals surface area contributed by atoms with Crippen molar-refractivity contribution >= 4 is 27.6 Å². The normalized spacial score (nSPS) is 22.7. The summed E-state index contributed by atoms with van der Waals surface area (Å²) in [5.74, 6) is 0.627. The van der Waals surface area contributed by atoms with Crippen LogP contribution in [-0.2, 0) is 4.74 Å². The SMILES string of the molecule is Cc1cccc(NC(=O)N2CCOCC2C2CC2)c1Br. The second kappa shape index (κ2) is 5.74. The monoisotopic (exact) mass is 338 g/mol. The van der Waals surface area contributed by atoms with Crippen molar-refractivity contribution in [2.24, 2.45) is 5.92 Å². The Kier molecular flexibility index (Phi) is 3.98. The van der Waals surface area contributed by atoms with Crippen LogP contribution in [0, 0.1) is 12.8 Å². The lowest BCUT2D eigenvalue weighted by atomic mass is 10.1. The molecular formula is C15H19BrN2O2. The lowest BCUT2D eigenvalue weighted by Crippen LogP contribution is -2.51. The molecule has 1 saturated heterocycles. The molecule has 5 heteroatoms. The molecule has 1 saturated carbocycles. The number of morpholine rings is 1. The smallest absolute Gasteiger partial charge is 0.322 e. The van der Waals surface area contributed by atoms with E-state index in [1.807, 2.05) is 30.0 Å². The maximum Gasteiger partial charge on any atom is 0.322 e. The van der Waals surface area contributed by atoms with Gasteiger partial charge < -0.3 is 15.0 Å². The number of ether oxygens (including phenoxy) is 1. The van der Waals surface area contributed by atoms with Gasteiger partial charge in [-0.2, -0.15) is 0 Å². The second-order valence-corrected chi connectivity index (χ2v) is 6.33. The topological polar surface area (TPSA) is 41.6 Å². The van der Waals surface area contributed by atoms with E-state index in [1.54, 1.807) is 0 Å². The first-order valence-electron chi connectivity index (χ1n) is 7.07. The van der Waals surface area contributed by atoms with E-state index in [0.717, 1.165) is 15.7 Å². The van der Waals surface area contributed by atoms with E-state index in [1.165, 1.54) is 12.8 Å². The molecule has 0 spiro atoms. The summed E-state index contributed by atoms with van der Waals surface area (Å²) < 4.78 is 6.47. The molecule has 1 unspecified atom stereocenters. The number of urea groups is 1. The van der Waals surface area contributed by atoms with Crippen molar-refractivity contribution in [3.05, 3.63) is 28.2 Å². The van der Waals surface area contributed by atoms with Crippen LogP contribution < -0.4 is 5.32 Å². The third-order valence-electron chi connectivity index (χ3n) is 4.03. The number of halogens is 1. The molecule has 1 heterocycles. The maximum absolute atomic E-state index is 12.5. The Morgan fingerprint density at radius 3 is 3.00 bits per heavy atom. The number of amides is 2. The number of benzene rings is 1. The first-order valence-corrected chi connectivity index (χ1v) is 7.86. The number of carbonyl (C=O) groups is 1. The number of hydrogen-bond acceptors (Lipinski definition) is 2. The molecule has 0 radical (unpaired) electrons. The fraction of sp³-hybridized carbons (Fsp3) is 0.533. The number of hydrogen-bond donors (Lipinski definition) is 1. The lowest BCUT2D eigenvalue weighted by Gasteiger charge is -2.35. The number of nitrogens with zero attached hydrogens (tertiary/aromatic N) is 1. The molecule has 108 valence electrons. The van der Waals surface area contributed by atoms with Crippen LogP contribution in [-0.4, -0.2) is 36.7 Å². The van der Waals surface area contributed by atoms with E-state index in [4.69, 9.17) is 4.74 Å². The third kappa shape index (κ3) is 2.83. The van der Waals surface area contributed by atoms with Crippen LogP contribution in [0.25, 0.3) is 0 Å². The Balaban J connectivity index is 1.72. The fourth-order valence-electron chi connectivity index (χ4n) is 2.68. The standard InChI is InChI=1S/C15H19BrN2O2/c1-10-3-2-4-12(14(10)16)17-15(19)18-7-8-20-9-13(18)11-5-6-11/h2-4,11,13H,5-9H2,1H3,(H,17,19). The molecule has 1 aromatic carbocycles. The summed E-state index contributed by atoms with van der Waals surface area (Å²) in [6, 6.07) is 6.11. The molecule has 1 atom stereocenters. The van der Waals surface area contributed by atoms with Crippen LogP contribution >= 0.6 is 15.9 Å². The summed E-state index contributed by atoms with van der Waals surface area (Å²) >= 11 is 3.53. The molecule has 4 nitrogen and oxygen atoms in total. The van der Waals surface area contributed by atoms with Crippen LogP contribution in [0.1, 0.15) is 18.4 Å². The van der Waals surface area contributed by atoms with Crippen LogP contribution in [0.15, 0.2) is 22.7 Å². The van der Waals surface area contributed by atoms with Gasteiger partial charge in [0.2, 0.25) is 0 Å². The van der Waals surface area contributed by atoms with Gasteiger partial charge in [0.15, 0.2) is 0 Å². The maximum atomic E-state index is 12.5. The Morgan fingerprint density at radius 1 is 1.45 bits per heavy atom. The molecule has 1 aromatic rings. The number of aryl methyl sites for hydroxylation is 1. The van der Waals surface area contributed by atoms with Crippen LogP contribution in [0.4, 0.5) is 10.5 Å². The summed E-state index contributed by atoms with van der Waals surface area (Å²) in [4.78, 5) is 14.5.